The number of ether oxygens (including phenoxy) is 2. The summed E-state index contributed by atoms with van der Waals surface area (Å²) >= 11 is 0. The van der Waals surface area contributed by atoms with Crippen LogP contribution in [-0.4, -0.2) is 7.11 Å². The number of aryl methyl sites for hydroxylation is 1. The summed E-state index contributed by atoms with van der Waals surface area (Å²) in [7, 11) is 1.57. The van der Waals surface area contributed by atoms with E-state index in [1.165, 1.54) is 6.07 Å². The Kier molecular flexibility index (Phi) is 4.81. The maximum Gasteiger partial charge on any atom is 0.169 e. The Morgan fingerprint density at radius 2 is 1.81 bits per heavy atom. The molecule has 0 saturated carbocycles. The molecule has 2 aromatic rings. The average Bonchev–Trinajstić information content (AvgIpc) is 2.49. The number of benzene rings is 2. The van der Waals surface area contributed by atoms with Gasteiger partial charge in [-0.3, -0.25) is 0 Å². The highest BCUT2D eigenvalue weighted by Crippen LogP contribution is 2.34. The quantitative estimate of drug-likeness (QED) is 0.896. The lowest BCUT2D eigenvalue weighted by Crippen LogP contribution is -2.05. The summed E-state index contributed by atoms with van der Waals surface area (Å²) in [5, 5.41) is 0. The van der Waals surface area contributed by atoms with Gasteiger partial charge in [-0.1, -0.05) is 19.1 Å². The lowest BCUT2D eigenvalue weighted by molar-refractivity contribution is 0.370. The maximum atomic E-state index is 14.1. The maximum absolute atomic E-state index is 14.1. The zero-order chi connectivity index (χ0) is 15.4. The van der Waals surface area contributed by atoms with Crippen LogP contribution in [0.1, 0.15) is 31.0 Å². The molecular weight excluding hydrogens is 269 g/mol. The molecule has 1 unspecified atom stereocenters. The third kappa shape index (κ3) is 3.52. The Labute approximate surface area is 124 Å². The number of hydrogen-bond acceptors (Lipinski definition) is 3. The summed E-state index contributed by atoms with van der Waals surface area (Å²) in [6.07, 6.45) is 0.897. The molecule has 0 fully saturated rings. The predicted molar refractivity (Wildman–Crippen MR) is 81.4 cm³/mol. The largest absolute Gasteiger partial charge is 0.493 e. The van der Waals surface area contributed by atoms with Gasteiger partial charge in [-0.25, -0.2) is 4.39 Å². The fourth-order valence-electron chi connectivity index (χ4n) is 2.02. The summed E-state index contributed by atoms with van der Waals surface area (Å²) in [6, 6.07) is 10.1. The van der Waals surface area contributed by atoms with Gasteiger partial charge in [-0.05, 0) is 48.7 Å². The molecule has 0 aliphatic carbocycles. The molecule has 2 N–H and O–H groups in total. The topological polar surface area (TPSA) is 44.5 Å². The fourth-order valence-corrected chi connectivity index (χ4v) is 2.02. The van der Waals surface area contributed by atoms with Gasteiger partial charge in [-0.15, -0.1) is 0 Å². The van der Waals surface area contributed by atoms with E-state index in [9.17, 15) is 4.39 Å². The van der Waals surface area contributed by atoms with Crippen molar-refractivity contribution in [2.75, 3.05) is 7.11 Å². The lowest BCUT2D eigenvalue weighted by Gasteiger charge is -2.13. The molecule has 0 aliphatic heterocycles. The van der Waals surface area contributed by atoms with Gasteiger partial charge in [0.1, 0.15) is 0 Å². The van der Waals surface area contributed by atoms with Crippen molar-refractivity contribution in [3.63, 3.8) is 0 Å². The Balaban J connectivity index is 2.29. The molecule has 0 saturated heterocycles. The second-order valence-electron chi connectivity index (χ2n) is 4.92. The number of methoxy groups -OCH3 is 1. The highest BCUT2D eigenvalue weighted by molar-refractivity contribution is 5.46. The smallest absolute Gasteiger partial charge is 0.169 e. The van der Waals surface area contributed by atoms with Gasteiger partial charge in [-0.2, -0.15) is 0 Å². The second kappa shape index (κ2) is 6.59. The van der Waals surface area contributed by atoms with Crippen LogP contribution in [0.15, 0.2) is 36.4 Å². The van der Waals surface area contributed by atoms with Crippen LogP contribution in [0.2, 0.25) is 0 Å². The molecule has 0 amide bonds. The SMILES string of the molecule is CCc1ccc(Oc2ccc(C(C)N)cc2F)c(OC)c1. The fraction of sp³-hybridized carbons (Fsp3) is 0.294. The van der Waals surface area contributed by atoms with Crippen LogP contribution < -0.4 is 15.2 Å². The van der Waals surface area contributed by atoms with E-state index in [0.29, 0.717) is 11.5 Å². The first-order valence-corrected chi connectivity index (χ1v) is 6.95. The first-order valence-electron chi connectivity index (χ1n) is 6.95. The number of rotatable bonds is 5. The van der Waals surface area contributed by atoms with E-state index in [0.717, 1.165) is 17.5 Å². The van der Waals surface area contributed by atoms with Gasteiger partial charge in [0.15, 0.2) is 23.1 Å². The molecule has 0 bridgehead atoms. The lowest BCUT2D eigenvalue weighted by atomic mass is 10.1. The van der Waals surface area contributed by atoms with E-state index in [1.807, 2.05) is 19.1 Å². The molecule has 1 atom stereocenters. The van der Waals surface area contributed by atoms with E-state index in [4.69, 9.17) is 15.2 Å². The third-order valence-electron chi connectivity index (χ3n) is 3.34. The molecule has 4 heteroatoms. The van der Waals surface area contributed by atoms with Gasteiger partial charge < -0.3 is 15.2 Å². The Morgan fingerprint density at radius 3 is 2.38 bits per heavy atom. The standard InChI is InChI=1S/C17H20FNO2/c1-4-12-5-7-16(17(9-12)20-3)21-15-8-6-13(11(2)19)10-14(15)18/h5-11H,4,19H2,1-3H3. The molecule has 112 valence electrons. The van der Waals surface area contributed by atoms with Crippen LogP contribution >= 0.6 is 0 Å². The van der Waals surface area contributed by atoms with Crippen LogP contribution in [0.3, 0.4) is 0 Å². The van der Waals surface area contributed by atoms with Crippen molar-refractivity contribution in [2.45, 2.75) is 26.3 Å². The van der Waals surface area contributed by atoms with Crippen molar-refractivity contribution in [3.8, 4) is 17.2 Å². The molecule has 0 spiro atoms. The van der Waals surface area contributed by atoms with Gasteiger partial charge in [0.2, 0.25) is 0 Å². The van der Waals surface area contributed by atoms with Crippen molar-refractivity contribution < 1.29 is 13.9 Å². The third-order valence-corrected chi connectivity index (χ3v) is 3.34. The van der Waals surface area contributed by atoms with E-state index in [1.54, 1.807) is 25.3 Å². The highest BCUT2D eigenvalue weighted by Gasteiger charge is 2.11. The van der Waals surface area contributed by atoms with Gasteiger partial charge >= 0.3 is 0 Å². The minimum Gasteiger partial charge on any atom is -0.493 e. The van der Waals surface area contributed by atoms with E-state index >= 15 is 0 Å². The minimum absolute atomic E-state index is 0.155. The van der Waals surface area contributed by atoms with Crippen LogP contribution in [0, 0.1) is 5.82 Å². The normalized spacial score (nSPS) is 12.0. The second-order valence-corrected chi connectivity index (χ2v) is 4.92. The predicted octanol–water partition coefficient (Wildman–Crippen LogP) is 4.21. The minimum atomic E-state index is -0.438. The van der Waals surface area contributed by atoms with E-state index in [-0.39, 0.29) is 11.8 Å². The molecule has 0 aromatic heterocycles. The number of halogens is 1. The van der Waals surface area contributed by atoms with E-state index in [2.05, 4.69) is 6.92 Å². The average molecular weight is 289 g/mol. The molecule has 0 heterocycles. The Bertz CT molecular complexity index is 626. The molecule has 3 nitrogen and oxygen atoms in total. The first kappa shape index (κ1) is 15.3. The van der Waals surface area contributed by atoms with Crippen LogP contribution in [0.25, 0.3) is 0 Å². The molecule has 21 heavy (non-hydrogen) atoms. The van der Waals surface area contributed by atoms with Gasteiger partial charge in [0.05, 0.1) is 7.11 Å². The zero-order valence-electron chi connectivity index (χ0n) is 12.5. The zero-order valence-corrected chi connectivity index (χ0v) is 12.5. The highest BCUT2D eigenvalue weighted by atomic mass is 19.1. The van der Waals surface area contributed by atoms with Gasteiger partial charge in [0.25, 0.3) is 0 Å². The summed E-state index contributed by atoms with van der Waals surface area (Å²) in [5.74, 6) is 0.792. The summed E-state index contributed by atoms with van der Waals surface area (Å²) in [6.45, 7) is 3.86. The van der Waals surface area contributed by atoms with Crippen molar-refractivity contribution in [3.05, 3.63) is 53.3 Å². The summed E-state index contributed by atoms with van der Waals surface area (Å²) < 4.78 is 25.0. The molecule has 0 aliphatic rings. The summed E-state index contributed by atoms with van der Waals surface area (Å²) in [5.41, 5.74) is 7.60. The number of hydrogen-bond donors (Lipinski definition) is 1. The molecular formula is C17H20FNO2. The molecule has 2 aromatic carbocycles. The van der Waals surface area contributed by atoms with Crippen LogP contribution in [0.5, 0.6) is 17.2 Å². The summed E-state index contributed by atoms with van der Waals surface area (Å²) in [4.78, 5) is 0. The van der Waals surface area contributed by atoms with Crippen molar-refractivity contribution >= 4 is 0 Å². The van der Waals surface area contributed by atoms with Gasteiger partial charge in [0, 0.05) is 6.04 Å². The number of nitrogens with two attached hydrogens (primary N) is 1. The Morgan fingerprint density at radius 1 is 1.10 bits per heavy atom. The van der Waals surface area contributed by atoms with Crippen molar-refractivity contribution in [2.24, 2.45) is 5.73 Å². The first-order chi connectivity index (χ1) is 10.0. The van der Waals surface area contributed by atoms with Crippen molar-refractivity contribution in [1.29, 1.82) is 0 Å². The van der Waals surface area contributed by atoms with Crippen LogP contribution in [-0.2, 0) is 6.42 Å². The Hall–Kier alpha value is -2.07. The molecule has 0 radical (unpaired) electrons. The van der Waals surface area contributed by atoms with E-state index < -0.39 is 5.82 Å². The van der Waals surface area contributed by atoms with Crippen LogP contribution in [0.4, 0.5) is 4.39 Å². The molecule has 2 rings (SSSR count). The van der Waals surface area contributed by atoms with Crippen molar-refractivity contribution in [1.82, 2.24) is 0 Å². The monoisotopic (exact) mass is 289 g/mol.